The molecule has 0 heterocycles. The van der Waals surface area contributed by atoms with Crippen LogP contribution in [0.4, 0.5) is 5.69 Å². The van der Waals surface area contributed by atoms with Crippen LogP contribution in [-0.2, 0) is 0 Å². The molecule has 18 heavy (non-hydrogen) atoms. The van der Waals surface area contributed by atoms with Crippen LogP contribution < -0.4 is 4.74 Å². The number of phenols is 1. The maximum atomic E-state index is 10.6. The molecule has 0 spiro atoms. The first-order valence-electron chi connectivity index (χ1n) is 4.97. The van der Waals surface area contributed by atoms with E-state index in [-0.39, 0.29) is 11.4 Å². The second-order valence-corrected chi connectivity index (χ2v) is 4.63. The van der Waals surface area contributed by atoms with E-state index in [1.807, 2.05) is 22.6 Å². The van der Waals surface area contributed by atoms with Gasteiger partial charge in [0.1, 0.15) is 17.2 Å². The number of hydrogen-bond acceptors (Lipinski definition) is 4. The number of non-ortho nitro benzene ring substituents is 1. The van der Waals surface area contributed by atoms with Crippen molar-refractivity contribution in [3.05, 3.63) is 56.1 Å². The summed E-state index contributed by atoms with van der Waals surface area (Å²) in [6.45, 7) is 0. The minimum Gasteiger partial charge on any atom is -0.508 e. The molecule has 5 nitrogen and oxygen atoms in total. The SMILES string of the molecule is O=[N+]([O-])c1ccc(Oc2cccc(O)c2)c(I)c1. The van der Waals surface area contributed by atoms with Crippen LogP contribution >= 0.6 is 22.6 Å². The summed E-state index contributed by atoms with van der Waals surface area (Å²) in [5.74, 6) is 1.08. The quantitative estimate of drug-likeness (QED) is 0.517. The molecule has 0 unspecified atom stereocenters. The Labute approximate surface area is 116 Å². The second-order valence-electron chi connectivity index (χ2n) is 3.47. The van der Waals surface area contributed by atoms with Crippen LogP contribution in [0.1, 0.15) is 0 Å². The molecule has 0 aromatic heterocycles. The molecule has 92 valence electrons. The highest BCUT2D eigenvalue weighted by molar-refractivity contribution is 14.1. The first-order valence-corrected chi connectivity index (χ1v) is 6.05. The average Bonchev–Trinajstić information content (AvgIpc) is 2.31. The number of ether oxygens (including phenoxy) is 1. The largest absolute Gasteiger partial charge is 0.508 e. The van der Waals surface area contributed by atoms with Gasteiger partial charge < -0.3 is 9.84 Å². The first-order chi connectivity index (χ1) is 8.56. The smallest absolute Gasteiger partial charge is 0.270 e. The lowest BCUT2D eigenvalue weighted by molar-refractivity contribution is -0.385. The van der Waals surface area contributed by atoms with Crippen molar-refractivity contribution in [1.29, 1.82) is 0 Å². The van der Waals surface area contributed by atoms with E-state index in [1.165, 1.54) is 30.3 Å². The summed E-state index contributed by atoms with van der Waals surface area (Å²) in [5.41, 5.74) is 0.0164. The standard InChI is InChI=1S/C12H8INO4/c13-11-6-8(14(16)17)4-5-12(11)18-10-3-1-2-9(15)7-10/h1-7,15H. The van der Waals surface area contributed by atoms with Crippen LogP contribution in [0.15, 0.2) is 42.5 Å². The Kier molecular flexibility index (Phi) is 3.66. The van der Waals surface area contributed by atoms with E-state index in [0.717, 1.165) is 0 Å². The maximum Gasteiger partial charge on any atom is 0.270 e. The molecule has 1 N–H and O–H groups in total. The molecular formula is C12H8INO4. The minimum absolute atomic E-state index is 0.0164. The van der Waals surface area contributed by atoms with E-state index in [1.54, 1.807) is 12.1 Å². The van der Waals surface area contributed by atoms with Crippen molar-refractivity contribution in [3.63, 3.8) is 0 Å². The Morgan fingerprint density at radius 3 is 2.61 bits per heavy atom. The summed E-state index contributed by atoms with van der Waals surface area (Å²) in [5, 5.41) is 19.9. The Morgan fingerprint density at radius 1 is 1.22 bits per heavy atom. The zero-order valence-electron chi connectivity index (χ0n) is 9.04. The third-order valence-electron chi connectivity index (χ3n) is 2.17. The molecule has 2 rings (SSSR count). The monoisotopic (exact) mass is 357 g/mol. The number of phenolic OH excluding ortho intramolecular Hbond substituents is 1. The molecule has 0 bridgehead atoms. The van der Waals surface area contributed by atoms with Crippen LogP contribution in [0.25, 0.3) is 0 Å². The van der Waals surface area contributed by atoms with Gasteiger partial charge >= 0.3 is 0 Å². The van der Waals surface area contributed by atoms with Gasteiger partial charge in [0.2, 0.25) is 0 Å². The van der Waals surface area contributed by atoms with Gasteiger partial charge in [0.15, 0.2) is 0 Å². The molecule has 0 radical (unpaired) electrons. The molecule has 2 aromatic rings. The predicted octanol–water partition coefficient (Wildman–Crippen LogP) is 3.70. The van der Waals surface area contributed by atoms with Gasteiger partial charge in [-0.1, -0.05) is 6.07 Å². The third-order valence-corrected chi connectivity index (χ3v) is 3.01. The highest BCUT2D eigenvalue weighted by Gasteiger charge is 2.10. The summed E-state index contributed by atoms with van der Waals surface area (Å²) in [6.07, 6.45) is 0. The van der Waals surface area contributed by atoms with E-state index < -0.39 is 4.92 Å². The highest BCUT2D eigenvalue weighted by atomic mass is 127. The van der Waals surface area contributed by atoms with Gasteiger partial charge in [0.25, 0.3) is 5.69 Å². The Balaban J connectivity index is 2.27. The number of aromatic hydroxyl groups is 1. The molecule has 0 amide bonds. The van der Waals surface area contributed by atoms with Gasteiger partial charge in [-0.25, -0.2) is 0 Å². The van der Waals surface area contributed by atoms with E-state index >= 15 is 0 Å². The molecule has 2 aromatic carbocycles. The molecule has 0 aliphatic carbocycles. The fraction of sp³-hybridized carbons (Fsp3) is 0. The molecule has 0 saturated carbocycles. The number of benzene rings is 2. The molecule has 0 saturated heterocycles. The number of nitro benzene ring substituents is 1. The summed E-state index contributed by atoms with van der Waals surface area (Å²) in [7, 11) is 0. The van der Waals surface area contributed by atoms with Crippen molar-refractivity contribution < 1.29 is 14.8 Å². The molecule has 6 heteroatoms. The van der Waals surface area contributed by atoms with Crippen molar-refractivity contribution >= 4 is 28.3 Å². The first kappa shape index (κ1) is 12.6. The van der Waals surface area contributed by atoms with Gasteiger partial charge in [-0.15, -0.1) is 0 Å². The number of halogens is 1. The fourth-order valence-electron chi connectivity index (χ4n) is 1.36. The topological polar surface area (TPSA) is 72.6 Å². The third kappa shape index (κ3) is 2.89. The second kappa shape index (κ2) is 5.21. The molecule has 0 fully saturated rings. The summed E-state index contributed by atoms with van der Waals surface area (Å²) in [6, 6.07) is 10.7. The van der Waals surface area contributed by atoms with Gasteiger partial charge in [0.05, 0.1) is 8.49 Å². The van der Waals surface area contributed by atoms with E-state index in [2.05, 4.69) is 0 Å². The van der Waals surface area contributed by atoms with Crippen molar-refractivity contribution in [2.45, 2.75) is 0 Å². The number of nitrogens with zero attached hydrogens (tertiary/aromatic N) is 1. The van der Waals surface area contributed by atoms with Crippen LogP contribution in [-0.4, -0.2) is 10.0 Å². The zero-order chi connectivity index (χ0) is 13.1. The highest BCUT2D eigenvalue weighted by Crippen LogP contribution is 2.30. The normalized spacial score (nSPS) is 10.1. The lowest BCUT2D eigenvalue weighted by atomic mass is 10.3. The zero-order valence-corrected chi connectivity index (χ0v) is 11.2. The molecule has 0 aliphatic heterocycles. The Morgan fingerprint density at radius 2 is 2.00 bits per heavy atom. The van der Waals surface area contributed by atoms with Gasteiger partial charge in [0, 0.05) is 18.2 Å². The van der Waals surface area contributed by atoms with Crippen molar-refractivity contribution in [2.75, 3.05) is 0 Å². The number of hydrogen-bond donors (Lipinski definition) is 1. The molecular weight excluding hydrogens is 349 g/mol. The molecule has 0 atom stereocenters. The van der Waals surface area contributed by atoms with Crippen molar-refractivity contribution in [3.8, 4) is 17.2 Å². The lowest BCUT2D eigenvalue weighted by Gasteiger charge is -2.07. The van der Waals surface area contributed by atoms with Gasteiger partial charge in [-0.3, -0.25) is 10.1 Å². The van der Waals surface area contributed by atoms with Crippen molar-refractivity contribution in [2.24, 2.45) is 0 Å². The van der Waals surface area contributed by atoms with Crippen LogP contribution in [0.3, 0.4) is 0 Å². The number of rotatable bonds is 3. The van der Waals surface area contributed by atoms with Crippen molar-refractivity contribution in [1.82, 2.24) is 0 Å². The van der Waals surface area contributed by atoms with Crippen LogP contribution in [0.5, 0.6) is 17.2 Å². The summed E-state index contributed by atoms with van der Waals surface area (Å²) >= 11 is 1.96. The van der Waals surface area contributed by atoms with Gasteiger partial charge in [-0.05, 0) is 40.8 Å². The Hall–Kier alpha value is -1.83. The van der Waals surface area contributed by atoms with E-state index in [0.29, 0.717) is 15.1 Å². The summed E-state index contributed by atoms with van der Waals surface area (Å²) in [4.78, 5) is 10.1. The number of nitro groups is 1. The van der Waals surface area contributed by atoms with Crippen LogP contribution in [0.2, 0.25) is 0 Å². The Bertz CT molecular complexity index is 600. The summed E-state index contributed by atoms with van der Waals surface area (Å²) < 4.78 is 6.16. The predicted molar refractivity (Wildman–Crippen MR) is 74.0 cm³/mol. The minimum atomic E-state index is -0.458. The lowest BCUT2D eigenvalue weighted by Crippen LogP contribution is -1.91. The van der Waals surface area contributed by atoms with E-state index in [4.69, 9.17) is 4.74 Å². The van der Waals surface area contributed by atoms with Crippen LogP contribution in [0, 0.1) is 13.7 Å². The molecule has 0 aliphatic rings. The average molecular weight is 357 g/mol. The van der Waals surface area contributed by atoms with E-state index in [9.17, 15) is 15.2 Å². The maximum absolute atomic E-state index is 10.6. The fourth-order valence-corrected chi connectivity index (χ4v) is 1.97. The van der Waals surface area contributed by atoms with Gasteiger partial charge in [-0.2, -0.15) is 0 Å².